The SMILES string of the molecule is C[C@H](CN)NC(=O)c1ccc(Br)cc1Cl.Cl. The fourth-order valence-corrected chi connectivity index (χ4v) is 1.79. The van der Waals surface area contributed by atoms with Crippen LogP contribution in [0.1, 0.15) is 17.3 Å². The van der Waals surface area contributed by atoms with Crippen molar-refractivity contribution in [2.45, 2.75) is 13.0 Å². The first-order chi connectivity index (χ1) is 7.04. The van der Waals surface area contributed by atoms with E-state index in [1.54, 1.807) is 18.2 Å². The lowest BCUT2D eigenvalue weighted by Gasteiger charge is -2.12. The highest BCUT2D eigenvalue weighted by atomic mass is 79.9. The van der Waals surface area contributed by atoms with Crippen molar-refractivity contribution in [3.05, 3.63) is 33.3 Å². The summed E-state index contributed by atoms with van der Waals surface area (Å²) in [5.74, 6) is -0.203. The molecule has 90 valence electrons. The number of amides is 1. The second-order valence-corrected chi connectivity index (χ2v) is 4.56. The van der Waals surface area contributed by atoms with Crippen LogP contribution in [0.3, 0.4) is 0 Å². The van der Waals surface area contributed by atoms with E-state index in [1.807, 2.05) is 6.92 Å². The van der Waals surface area contributed by atoms with Crippen molar-refractivity contribution in [2.75, 3.05) is 6.54 Å². The lowest BCUT2D eigenvalue weighted by molar-refractivity contribution is 0.0941. The number of benzene rings is 1. The van der Waals surface area contributed by atoms with Gasteiger partial charge in [-0.1, -0.05) is 27.5 Å². The molecule has 1 rings (SSSR count). The van der Waals surface area contributed by atoms with Crippen LogP contribution in [0.2, 0.25) is 5.02 Å². The van der Waals surface area contributed by atoms with E-state index in [0.29, 0.717) is 17.1 Å². The Morgan fingerprint density at radius 1 is 1.62 bits per heavy atom. The Morgan fingerprint density at radius 3 is 2.75 bits per heavy atom. The molecule has 0 unspecified atom stereocenters. The van der Waals surface area contributed by atoms with Crippen LogP contribution in [0.5, 0.6) is 0 Å². The number of nitrogens with two attached hydrogens (primary N) is 1. The van der Waals surface area contributed by atoms with Crippen LogP contribution < -0.4 is 11.1 Å². The van der Waals surface area contributed by atoms with Crippen LogP contribution in [0, 0.1) is 0 Å². The predicted molar refractivity (Wildman–Crippen MR) is 72.4 cm³/mol. The molecule has 0 saturated heterocycles. The van der Waals surface area contributed by atoms with Crippen molar-refractivity contribution in [1.82, 2.24) is 5.32 Å². The normalized spacial score (nSPS) is 11.5. The van der Waals surface area contributed by atoms with E-state index in [4.69, 9.17) is 17.3 Å². The number of rotatable bonds is 3. The highest BCUT2D eigenvalue weighted by molar-refractivity contribution is 9.10. The highest BCUT2D eigenvalue weighted by Crippen LogP contribution is 2.21. The Balaban J connectivity index is 0.00000225. The Kier molecular flexibility index (Phi) is 6.99. The van der Waals surface area contributed by atoms with Crippen LogP contribution in [-0.4, -0.2) is 18.5 Å². The number of halogens is 3. The van der Waals surface area contributed by atoms with Gasteiger partial charge in [-0.15, -0.1) is 12.4 Å². The van der Waals surface area contributed by atoms with Gasteiger partial charge < -0.3 is 11.1 Å². The minimum atomic E-state index is -0.203. The third-order valence-electron chi connectivity index (χ3n) is 1.91. The van der Waals surface area contributed by atoms with Crippen molar-refractivity contribution in [1.29, 1.82) is 0 Å². The van der Waals surface area contributed by atoms with Gasteiger partial charge in [0.2, 0.25) is 0 Å². The Labute approximate surface area is 114 Å². The molecule has 6 heteroatoms. The smallest absolute Gasteiger partial charge is 0.253 e. The summed E-state index contributed by atoms with van der Waals surface area (Å²) in [6, 6.07) is 5.07. The number of carbonyl (C=O) groups excluding carboxylic acids is 1. The van der Waals surface area contributed by atoms with Gasteiger partial charge >= 0.3 is 0 Å². The summed E-state index contributed by atoms with van der Waals surface area (Å²) in [5, 5.41) is 3.16. The van der Waals surface area contributed by atoms with Crippen molar-refractivity contribution < 1.29 is 4.79 Å². The van der Waals surface area contributed by atoms with Crippen molar-refractivity contribution in [3.63, 3.8) is 0 Å². The molecule has 1 amide bonds. The molecular formula is C10H13BrCl2N2O. The number of hydrogen-bond acceptors (Lipinski definition) is 2. The lowest BCUT2D eigenvalue weighted by atomic mass is 10.2. The molecule has 3 nitrogen and oxygen atoms in total. The number of nitrogens with one attached hydrogen (secondary N) is 1. The molecule has 1 aromatic rings. The molecule has 0 aromatic heterocycles. The van der Waals surface area contributed by atoms with Gasteiger partial charge in [0.25, 0.3) is 5.91 Å². The van der Waals surface area contributed by atoms with Gasteiger partial charge in [0.15, 0.2) is 0 Å². The van der Waals surface area contributed by atoms with Gasteiger partial charge in [0.05, 0.1) is 10.6 Å². The molecule has 0 aliphatic heterocycles. The summed E-state index contributed by atoms with van der Waals surface area (Å²) in [6.45, 7) is 2.24. The zero-order chi connectivity index (χ0) is 11.4. The maximum absolute atomic E-state index is 11.7. The predicted octanol–water partition coefficient (Wildman–Crippen LogP) is 2.60. The molecule has 0 radical (unpaired) electrons. The molecule has 16 heavy (non-hydrogen) atoms. The van der Waals surface area contributed by atoms with E-state index in [2.05, 4.69) is 21.2 Å². The van der Waals surface area contributed by atoms with Crippen LogP contribution in [0.15, 0.2) is 22.7 Å². The average molecular weight is 328 g/mol. The summed E-state index contributed by atoms with van der Waals surface area (Å²) in [6.07, 6.45) is 0. The van der Waals surface area contributed by atoms with E-state index >= 15 is 0 Å². The quantitative estimate of drug-likeness (QED) is 0.896. The number of carbonyl (C=O) groups is 1. The molecule has 3 N–H and O–H groups in total. The molecule has 0 bridgehead atoms. The first-order valence-corrected chi connectivity index (χ1v) is 5.67. The second-order valence-electron chi connectivity index (χ2n) is 3.23. The molecule has 0 spiro atoms. The first kappa shape index (κ1) is 15.7. The zero-order valence-electron chi connectivity index (χ0n) is 8.67. The van der Waals surface area contributed by atoms with E-state index < -0.39 is 0 Å². The summed E-state index contributed by atoms with van der Waals surface area (Å²) < 4.78 is 0.843. The van der Waals surface area contributed by atoms with E-state index in [-0.39, 0.29) is 24.4 Å². The van der Waals surface area contributed by atoms with Gasteiger partial charge in [0.1, 0.15) is 0 Å². The molecule has 1 aromatic carbocycles. The van der Waals surface area contributed by atoms with Gasteiger partial charge in [0, 0.05) is 17.1 Å². The van der Waals surface area contributed by atoms with Gasteiger partial charge in [-0.05, 0) is 25.1 Å². The minimum Gasteiger partial charge on any atom is -0.348 e. The van der Waals surface area contributed by atoms with Crippen LogP contribution >= 0.6 is 39.9 Å². The Hall–Kier alpha value is -0.290. The van der Waals surface area contributed by atoms with E-state index in [9.17, 15) is 4.79 Å². The van der Waals surface area contributed by atoms with Gasteiger partial charge in [-0.2, -0.15) is 0 Å². The molecule has 0 heterocycles. The summed E-state index contributed by atoms with van der Waals surface area (Å²) >= 11 is 9.20. The van der Waals surface area contributed by atoms with Crippen LogP contribution in [0.25, 0.3) is 0 Å². The lowest BCUT2D eigenvalue weighted by Crippen LogP contribution is -2.37. The maximum Gasteiger partial charge on any atom is 0.253 e. The first-order valence-electron chi connectivity index (χ1n) is 4.50. The number of hydrogen-bond donors (Lipinski definition) is 2. The van der Waals surface area contributed by atoms with Crippen molar-refractivity contribution >= 4 is 45.8 Å². The second kappa shape index (κ2) is 7.12. The summed E-state index contributed by atoms with van der Waals surface area (Å²) in [7, 11) is 0. The Bertz CT molecular complexity index is 374. The zero-order valence-corrected chi connectivity index (χ0v) is 11.8. The third-order valence-corrected chi connectivity index (χ3v) is 2.71. The van der Waals surface area contributed by atoms with Crippen molar-refractivity contribution in [2.24, 2.45) is 5.73 Å². The van der Waals surface area contributed by atoms with Crippen LogP contribution in [0.4, 0.5) is 0 Å². The minimum absolute atomic E-state index is 0. The largest absolute Gasteiger partial charge is 0.348 e. The van der Waals surface area contributed by atoms with Crippen LogP contribution in [-0.2, 0) is 0 Å². The fraction of sp³-hybridized carbons (Fsp3) is 0.300. The summed E-state index contributed by atoms with van der Waals surface area (Å²) in [5.41, 5.74) is 5.86. The topological polar surface area (TPSA) is 55.1 Å². The van der Waals surface area contributed by atoms with Gasteiger partial charge in [-0.3, -0.25) is 4.79 Å². The van der Waals surface area contributed by atoms with E-state index in [1.165, 1.54) is 0 Å². The Morgan fingerprint density at radius 2 is 2.25 bits per heavy atom. The molecule has 0 aliphatic carbocycles. The van der Waals surface area contributed by atoms with Gasteiger partial charge in [-0.25, -0.2) is 0 Å². The molecular weight excluding hydrogens is 315 g/mol. The molecule has 0 saturated carbocycles. The monoisotopic (exact) mass is 326 g/mol. The maximum atomic E-state index is 11.7. The van der Waals surface area contributed by atoms with Crippen molar-refractivity contribution in [3.8, 4) is 0 Å². The fourth-order valence-electron chi connectivity index (χ4n) is 1.03. The molecule has 0 aliphatic rings. The summed E-state index contributed by atoms with van der Waals surface area (Å²) in [4.78, 5) is 11.7. The van der Waals surface area contributed by atoms with E-state index in [0.717, 1.165) is 4.47 Å². The third kappa shape index (κ3) is 4.29. The highest BCUT2D eigenvalue weighted by Gasteiger charge is 2.12. The molecule has 0 fully saturated rings. The molecule has 1 atom stereocenters. The average Bonchev–Trinajstić information content (AvgIpc) is 2.17. The standard InChI is InChI=1S/C10H12BrClN2O.ClH/c1-6(5-13)14-10(15)8-3-2-7(11)4-9(8)12;/h2-4,6H,5,13H2,1H3,(H,14,15);1H/t6-;/m1./s1.